The average molecular weight is 290 g/mol. The Labute approximate surface area is 112 Å². The SMILES string of the molecule is COCCNS(=O)(=O)C1CON(C)C1c1ccoc1. The number of rotatable bonds is 6. The molecule has 1 N–H and O–H groups in total. The lowest BCUT2D eigenvalue weighted by Gasteiger charge is -2.21. The molecule has 1 fully saturated rings. The molecule has 1 aliphatic heterocycles. The quantitative estimate of drug-likeness (QED) is 0.750. The van der Waals surface area contributed by atoms with Gasteiger partial charge in [0, 0.05) is 26.3 Å². The number of hydrogen-bond acceptors (Lipinski definition) is 6. The third-order valence-electron chi connectivity index (χ3n) is 3.08. The zero-order chi connectivity index (χ0) is 13.9. The number of hydroxylamine groups is 2. The second kappa shape index (κ2) is 6.02. The molecule has 2 rings (SSSR count). The molecule has 0 saturated carbocycles. The van der Waals surface area contributed by atoms with Crippen molar-refractivity contribution in [1.82, 2.24) is 9.79 Å². The first-order valence-electron chi connectivity index (χ1n) is 5.91. The monoisotopic (exact) mass is 290 g/mol. The van der Waals surface area contributed by atoms with Crippen LogP contribution in [0.15, 0.2) is 23.0 Å². The van der Waals surface area contributed by atoms with E-state index in [0.717, 1.165) is 5.56 Å². The van der Waals surface area contributed by atoms with Crippen LogP contribution in [0, 0.1) is 0 Å². The summed E-state index contributed by atoms with van der Waals surface area (Å²) >= 11 is 0. The van der Waals surface area contributed by atoms with Gasteiger partial charge >= 0.3 is 0 Å². The number of nitrogens with zero attached hydrogens (tertiary/aromatic N) is 1. The largest absolute Gasteiger partial charge is 0.472 e. The zero-order valence-electron chi connectivity index (χ0n) is 10.9. The molecule has 1 aromatic heterocycles. The Morgan fingerprint density at radius 2 is 2.37 bits per heavy atom. The van der Waals surface area contributed by atoms with Gasteiger partial charge in [0.2, 0.25) is 10.0 Å². The molecule has 2 atom stereocenters. The average Bonchev–Trinajstić information content (AvgIpc) is 2.97. The molecule has 19 heavy (non-hydrogen) atoms. The molecule has 2 unspecified atom stereocenters. The van der Waals surface area contributed by atoms with Crippen LogP contribution in [0.4, 0.5) is 0 Å². The molecule has 1 aromatic rings. The Kier molecular flexibility index (Phi) is 4.58. The van der Waals surface area contributed by atoms with E-state index in [0.29, 0.717) is 6.61 Å². The van der Waals surface area contributed by atoms with E-state index in [4.69, 9.17) is 14.0 Å². The van der Waals surface area contributed by atoms with Crippen LogP contribution in [0.5, 0.6) is 0 Å². The van der Waals surface area contributed by atoms with E-state index in [9.17, 15) is 8.42 Å². The van der Waals surface area contributed by atoms with Crippen LogP contribution in [-0.4, -0.2) is 52.6 Å². The fourth-order valence-corrected chi connectivity index (χ4v) is 3.61. The standard InChI is InChI=1S/C11H18N2O5S/c1-13-11(9-3-5-17-7-9)10(8-18-13)19(14,15)12-4-6-16-2/h3,5,7,10-12H,4,6,8H2,1-2H3. The Balaban J connectivity index is 2.14. The molecule has 0 bridgehead atoms. The maximum absolute atomic E-state index is 12.3. The van der Waals surface area contributed by atoms with Gasteiger partial charge in [-0.3, -0.25) is 4.84 Å². The second-order valence-corrected chi connectivity index (χ2v) is 6.30. The summed E-state index contributed by atoms with van der Waals surface area (Å²) in [5.41, 5.74) is 0.780. The molecule has 1 saturated heterocycles. The van der Waals surface area contributed by atoms with Crippen molar-refractivity contribution in [2.75, 3.05) is 33.9 Å². The highest BCUT2D eigenvalue weighted by Crippen LogP contribution is 2.33. The molecule has 0 aromatic carbocycles. The minimum atomic E-state index is -3.48. The van der Waals surface area contributed by atoms with Crippen molar-refractivity contribution in [3.05, 3.63) is 24.2 Å². The third-order valence-corrected chi connectivity index (χ3v) is 4.88. The van der Waals surface area contributed by atoms with Crippen molar-refractivity contribution in [2.45, 2.75) is 11.3 Å². The van der Waals surface area contributed by atoms with Crippen LogP contribution in [0.2, 0.25) is 0 Å². The summed E-state index contributed by atoms with van der Waals surface area (Å²) in [4.78, 5) is 5.34. The first-order chi connectivity index (χ1) is 9.06. The Hall–Kier alpha value is -0.930. The number of nitrogens with one attached hydrogen (secondary N) is 1. The molecular weight excluding hydrogens is 272 g/mol. The number of hydrogen-bond donors (Lipinski definition) is 1. The summed E-state index contributed by atoms with van der Waals surface area (Å²) in [6.45, 7) is 0.699. The van der Waals surface area contributed by atoms with Crippen LogP contribution in [0.1, 0.15) is 11.6 Å². The van der Waals surface area contributed by atoms with Gasteiger partial charge in [0.1, 0.15) is 5.25 Å². The minimum Gasteiger partial charge on any atom is -0.472 e. The van der Waals surface area contributed by atoms with Crippen LogP contribution < -0.4 is 4.72 Å². The van der Waals surface area contributed by atoms with Gasteiger partial charge in [-0.15, -0.1) is 0 Å². The van der Waals surface area contributed by atoms with Gasteiger partial charge < -0.3 is 9.15 Å². The lowest BCUT2D eigenvalue weighted by Crippen LogP contribution is -2.40. The molecule has 108 valence electrons. The fraction of sp³-hybridized carbons (Fsp3) is 0.636. The molecule has 7 nitrogen and oxygen atoms in total. The van der Waals surface area contributed by atoms with E-state index < -0.39 is 15.3 Å². The maximum Gasteiger partial charge on any atom is 0.218 e. The van der Waals surface area contributed by atoms with Crippen molar-refractivity contribution in [3.8, 4) is 0 Å². The number of sulfonamides is 1. The maximum atomic E-state index is 12.3. The molecule has 0 radical (unpaired) electrons. The van der Waals surface area contributed by atoms with E-state index in [2.05, 4.69) is 4.72 Å². The normalized spacial score (nSPS) is 24.9. The Bertz CT molecular complexity index is 487. The summed E-state index contributed by atoms with van der Waals surface area (Å²) in [6, 6.07) is 1.37. The van der Waals surface area contributed by atoms with Crippen molar-refractivity contribution >= 4 is 10.0 Å². The molecule has 8 heteroatoms. The second-order valence-electron chi connectivity index (χ2n) is 4.31. The van der Waals surface area contributed by atoms with Gasteiger partial charge in [-0.25, -0.2) is 13.1 Å². The predicted molar refractivity (Wildman–Crippen MR) is 67.8 cm³/mol. The zero-order valence-corrected chi connectivity index (χ0v) is 11.7. The first kappa shape index (κ1) is 14.5. The molecular formula is C11H18N2O5S. The van der Waals surface area contributed by atoms with E-state index in [1.165, 1.54) is 19.6 Å². The molecule has 2 heterocycles. The molecule has 0 aliphatic carbocycles. The van der Waals surface area contributed by atoms with Crippen molar-refractivity contribution in [1.29, 1.82) is 0 Å². The van der Waals surface area contributed by atoms with Gasteiger partial charge in [0.25, 0.3) is 0 Å². The van der Waals surface area contributed by atoms with Crippen molar-refractivity contribution in [3.63, 3.8) is 0 Å². The van der Waals surface area contributed by atoms with Crippen LogP contribution >= 0.6 is 0 Å². The Morgan fingerprint density at radius 3 is 3.00 bits per heavy atom. The number of furan rings is 1. The summed E-state index contributed by atoms with van der Waals surface area (Å²) in [7, 11) is -0.245. The summed E-state index contributed by atoms with van der Waals surface area (Å²) in [6.07, 6.45) is 3.05. The van der Waals surface area contributed by atoms with Gasteiger partial charge in [0.05, 0.1) is 31.8 Å². The summed E-state index contributed by atoms with van der Waals surface area (Å²) in [5.74, 6) is 0. The van der Waals surface area contributed by atoms with E-state index in [1.54, 1.807) is 18.2 Å². The fourth-order valence-electron chi connectivity index (χ4n) is 2.12. The van der Waals surface area contributed by atoms with Crippen LogP contribution in [-0.2, 0) is 19.6 Å². The lowest BCUT2D eigenvalue weighted by atomic mass is 10.1. The molecule has 0 amide bonds. The minimum absolute atomic E-state index is 0.120. The van der Waals surface area contributed by atoms with E-state index >= 15 is 0 Å². The van der Waals surface area contributed by atoms with Crippen LogP contribution in [0.3, 0.4) is 0 Å². The van der Waals surface area contributed by atoms with Crippen molar-refractivity contribution in [2.24, 2.45) is 0 Å². The van der Waals surface area contributed by atoms with Gasteiger partial charge in [-0.05, 0) is 6.07 Å². The molecule has 1 aliphatic rings. The van der Waals surface area contributed by atoms with Crippen LogP contribution in [0.25, 0.3) is 0 Å². The van der Waals surface area contributed by atoms with Gasteiger partial charge in [-0.1, -0.05) is 0 Å². The predicted octanol–water partition coefficient (Wildman–Crippen LogP) is 0.132. The van der Waals surface area contributed by atoms with Gasteiger partial charge in [-0.2, -0.15) is 5.06 Å². The molecule has 0 spiro atoms. The van der Waals surface area contributed by atoms with Crippen molar-refractivity contribution < 1.29 is 22.4 Å². The van der Waals surface area contributed by atoms with Gasteiger partial charge in [0.15, 0.2) is 0 Å². The van der Waals surface area contributed by atoms with E-state index in [-0.39, 0.29) is 19.2 Å². The highest BCUT2D eigenvalue weighted by molar-refractivity contribution is 7.90. The third kappa shape index (κ3) is 3.15. The highest BCUT2D eigenvalue weighted by Gasteiger charge is 2.43. The number of methoxy groups -OCH3 is 1. The lowest BCUT2D eigenvalue weighted by molar-refractivity contribution is -0.110. The number of ether oxygens (including phenoxy) is 1. The summed E-state index contributed by atoms with van der Waals surface area (Å²) < 4.78 is 36.9. The smallest absolute Gasteiger partial charge is 0.218 e. The Morgan fingerprint density at radius 1 is 1.58 bits per heavy atom. The highest BCUT2D eigenvalue weighted by atomic mass is 32.2. The first-order valence-corrected chi connectivity index (χ1v) is 7.46. The van der Waals surface area contributed by atoms with E-state index in [1.807, 2.05) is 0 Å². The summed E-state index contributed by atoms with van der Waals surface area (Å²) in [5, 5.41) is 0.873. The topological polar surface area (TPSA) is 81.0 Å².